The van der Waals surface area contributed by atoms with Gasteiger partial charge in [0.1, 0.15) is 6.61 Å². The summed E-state index contributed by atoms with van der Waals surface area (Å²) in [6, 6.07) is 0. The molecule has 0 aliphatic carbocycles. The Hall–Kier alpha value is -1.10. The number of carboxylic acid groups (broad SMARTS) is 1. The molecular weight excluding hydrogens is 152 g/mol. The summed E-state index contributed by atoms with van der Waals surface area (Å²) in [5.41, 5.74) is 0. The number of hydrogen-bond donors (Lipinski definition) is 1. The first-order valence-electron chi connectivity index (χ1n) is 2.97. The van der Waals surface area contributed by atoms with E-state index in [1.54, 1.807) is 0 Å². The first-order valence-corrected chi connectivity index (χ1v) is 2.97. The van der Waals surface area contributed by atoms with Gasteiger partial charge in [0.15, 0.2) is 6.10 Å². The van der Waals surface area contributed by atoms with Crippen molar-refractivity contribution in [3.63, 3.8) is 0 Å². The van der Waals surface area contributed by atoms with Crippen LogP contribution in [0.25, 0.3) is 0 Å². The van der Waals surface area contributed by atoms with E-state index in [-0.39, 0.29) is 6.61 Å². The molecule has 0 aliphatic heterocycles. The summed E-state index contributed by atoms with van der Waals surface area (Å²) >= 11 is 0. The van der Waals surface area contributed by atoms with Crippen molar-refractivity contribution in [2.75, 3.05) is 13.7 Å². The number of ether oxygens (including phenoxy) is 2. The van der Waals surface area contributed by atoms with E-state index in [9.17, 15) is 9.59 Å². The highest BCUT2D eigenvalue weighted by Crippen LogP contribution is 1.91. The largest absolute Gasteiger partial charge is 0.479 e. The minimum Gasteiger partial charge on any atom is -0.479 e. The second-order valence-electron chi connectivity index (χ2n) is 1.87. The number of carbonyl (C=O) groups is 2. The third kappa shape index (κ3) is 4.32. The maximum absolute atomic E-state index is 10.2. The van der Waals surface area contributed by atoms with Crippen LogP contribution in [0, 0.1) is 0 Å². The van der Waals surface area contributed by atoms with Crippen LogP contribution in [0.15, 0.2) is 0 Å². The maximum atomic E-state index is 10.2. The van der Waals surface area contributed by atoms with E-state index in [0.717, 1.165) is 0 Å². The van der Waals surface area contributed by atoms with E-state index in [1.807, 2.05) is 0 Å². The van der Waals surface area contributed by atoms with Crippen LogP contribution in [-0.2, 0) is 19.1 Å². The lowest BCUT2D eigenvalue weighted by molar-refractivity contribution is -0.157. The van der Waals surface area contributed by atoms with Gasteiger partial charge < -0.3 is 14.6 Å². The fraction of sp³-hybridized carbons (Fsp3) is 0.667. The number of carbonyl (C=O) groups excluding carboxylic acids is 1. The SMILES string of the molecule is CO[C@@H](COC(C)=O)C(=O)O. The number of methoxy groups -OCH3 is 1. The first kappa shape index (κ1) is 9.90. The van der Waals surface area contributed by atoms with Gasteiger partial charge in [-0.1, -0.05) is 0 Å². The Morgan fingerprint density at radius 1 is 1.55 bits per heavy atom. The van der Waals surface area contributed by atoms with Gasteiger partial charge in [-0.15, -0.1) is 0 Å². The Morgan fingerprint density at radius 2 is 2.09 bits per heavy atom. The van der Waals surface area contributed by atoms with Crippen LogP contribution >= 0.6 is 0 Å². The normalized spacial score (nSPS) is 12.2. The van der Waals surface area contributed by atoms with Crippen molar-refractivity contribution in [3.05, 3.63) is 0 Å². The molecule has 0 saturated heterocycles. The van der Waals surface area contributed by atoms with E-state index in [1.165, 1.54) is 14.0 Å². The average Bonchev–Trinajstić information content (AvgIpc) is 1.87. The van der Waals surface area contributed by atoms with Crippen molar-refractivity contribution in [1.82, 2.24) is 0 Å². The van der Waals surface area contributed by atoms with E-state index in [4.69, 9.17) is 5.11 Å². The quantitative estimate of drug-likeness (QED) is 0.572. The molecule has 0 aromatic rings. The van der Waals surface area contributed by atoms with Gasteiger partial charge in [-0.3, -0.25) is 4.79 Å². The predicted octanol–water partition coefficient (Wildman–Crippen LogP) is -0.351. The van der Waals surface area contributed by atoms with Crippen molar-refractivity contribution in [3.8, 4) is 0 Å². The third-order valence-corrected chi connectivity index (χ3v) is 0.998. The number of aliphatic carboxylic acids is 1. The fourth-order valence-corrected chi connectivity index (χ4v) is 0.433. The Labute approximate surface area is 63.9 Å². The lowest BCUT2D eigenvalue weighted by Gasteiger charge is -2.08. The molecule has 0 spiro atoms. The first-order chi connectivity index (χ1) is 5.07. The Bertz CT molecular complexity index is 153. The van der Waals surface area contributed by atoms with Crippen LogP contribution in [0.1, 0.15) is 6.92 Å². The smallest absolute Gasteiger partial charge is 0.336 e. The van der Waals surface area contributed by atoms with Gasteiger partial charge in [-0.25, -0.2) is 4.79 Å². The monoisotopic (exact) mass is 162 g/mol. The molecule has 0 rings (SSSR count). The molecule has 1 atom stereocenters. The molecule has 64 valence electrons. The molecule has 0 aromatic carbocycles. The van der Waals surface area contributed by atoms with Gasteiger partial charge in [0.05, 0.1) is 0 Å². The van der Waals surface area contributed by atoms with Crippen LogP contribution in [0.2, 0.25) is 0 Å². The molecule has 0 aliphatic rings. The Morgan fingerprint density at radius 3 is 2.36 bits per heavy atom. The molecule has 0 bridgehead atoms. The highest BCUT2D eigenvalue weighted by Gasteiger charge is 2.17. The molecule has 0 heterocycles. The molecule has 0 amide bonds. The van der Waals surface area contributed by atoms with E-state index >= 15 is 0 Å². The van der Waals surface area contributed by atoms with Crippen molar-refractivity contribution in [2.45, 2.75) is 13.0 Å². The van der Waals surface area contributed by atoms with Crippen molar-refractivity contribution >= 4 is 11.9 Å². The van der Waals surface area contributed by atoms with Gasteiger partial charge in [0.25, 0.3) is 0 Å². The zero-order chi connectivity index (χ0) is 8.85. The highest BCUT2D eigenvalue weighted by molar-refractivity contribution is 5.73. The average molecular weight is 162 g/mol. The number of hydrogen-bond acceptors (Lipinski definition) is 4. The topological polar surface area (TPSA) is 72.8 Å². The third-order valence-electron chi connectivity index (χ3n) is 0.998. The summed E-state index contributed by atoms with van der Waals surface area (Å²) in [6.45, 7) is 0.954. The van der Waals surface area contributed by atoms with Crippen LogP contribution in [0.3, 0.4) is 0 Å². The highest BCUT2D eigenvalue weighted by atomic mass is 16.6. The summed E-state index contributed by atoms with van der Waals surface area (Å²) in [5.74, 6) is -1.66. The molecule has 0 saturated carbocycles. The minimum absolute atomic E-state index is 0.249. The van der Waals surface area contributed by atoms with Gasteiger partial charge in [-0.05, 0) is 0 Å². The van der Waals surface area contributed by atoms with Crippen molar-refractivity contribution in [2.24, 2.45) is 0 Å². The number of carboxylic acids is 1. The molecule has 0 unspecified atom stereocenters. The van der Waals surface area contributed by atoms with Crippen molar-refractivity contribution < 1.29 is 24.2 Å². The summed E-state index contributed by atoms with van der Waals surface area (Å²) in [6.07, 6.45) is -1.07. The Kier molecular flexibility index (Phi) is 4.21. The molecule has 0 aromatic heterocycles. The Balaban J connectivity index is 3.70. The van der Waals surface area contributed by atoms with E-state index < -0.39 is 18.0 Å². The van der Waals surface area contributed by atoms with E-state index in [0.29, 0.717) is 0 Å². The predicted molar refractivity (Wildman–Crippen MR) is 35.1 cm³/mol. The molecular formula is C6H10O5. The summed E-state index contributed by atoms with van der Waals surface area (Å²) in [7, 11) is 1.24. The standard InChI is InChI=1S/C6H10O5/c1-4(7)11-3-5(10-2)6(8)9/h5H,3H2,1-2H3,(H,8,9)/t5-/m0/s1. The second-order valence-corrected chi connectivity index (χ2v) is 1.87. The fourth-order valence-electron chi connectivity index (χ4n) is 0.433. The number of rotatable bonds is 4. The van der Waals surface area contributed by atoms with Crippen LogP contribution in [0.5, 0.6) is 0 Å². The van der Waals surface area contributed by atoms with Crippen LogP contribution in [-0.4, -0.2) is 36.9 Å². The van der Waals surface area contributed by atoms with E-state index in [2.05, 4.69) is 9.47 Å². The zero-order valence-electron chi connectivity index (χ0n) is 6.36. The lowest BCUT2D eigenvalue weighted by atomic mass is 10.4. The molecule has 1 N–H and O–H groups in total. The number of esters is 1. The van der Waals surface area contributed by atoms with Crippen molar-refractivity contribution in [1.29, 1.82) is 0 Å². The molecule has 5 heteroatoms. The van der Waals surface area contributed by atoms with Gasteiger partial charge >= 0.3 is 11.9 Å². The van der Waals surface area contributed by atoms with Gasteiger partial charge in [0.2, 0.25) is 0 Å². The van der Waals surface area contributed by atoms with Gasteiger partial charge in [0, 0.05) is 14.0 Å². The van der Waals surface area contributed by atoms with Gasteiger partial charge in [-0.2, -0.15) is 0 Å². The van der Waals surface area contributed by atoms with Crippen LogP contribution in [0.4, 0.5) is 0 Å². The lowest BCUT2D eigenvalue weighted by Crippen LogP contribution is -2.28. The van der Waals surface area contributed by atoms with Crippen LogP contribution < -0.4 is 0 Å². The molecule has 0 radical (unpaired) electrons. The summed E-state index contributed by atoms with van der Waals surface area (Å²) in [4.78, 5) is 20.4. The molecule has 5 nitrogen and oxygen atoms in total. The maximum Gasteiger partial charge on any atom is 0.336 e. The molecule has 11 heavy (non-hydrogen) atoms. The molecule has 0 fully saturated rings. The summed E-state index contributed by atoms with van der Waals surface area (Å²) < 4.78 is 8.90. The zero-order valence-corrected chi connectivity index (χ0v) is 6.36. The summed E-state index contributed by atoms with van der Waals surface area (Å²) in [5, 5.41) is 8.37. The minimum atomic E-state index is -1.14. The second kappa shape index (κ2) is 4.68.